The van der Waals surface area contributed by atoms with Crippen LogP contribution in [0.15, 0.2) is 77.9 Å². The van der Waals surface area contributed by atoms with Gasteiger partial charge in [0.25, 0.3) is 0 Å². The van der Waals surface area contributed by atoms with Crippen molar-refractivity contribution in [3.63, 3.8) is 0 Å². The first kappa shape index (κ1) is 18.5. The summed E-state index contributed by atoms with van der Waals surface area (Å²) in [6.07, 6.45) is -0.803. The molecule has 1 aliphatic rings. The fourth-order valence-electron chi connectivity index (χ4n) is 3.05. The Morgan fingerprint density at radius 2 is 1.43 bits per heavy atom. The number of rotatable bonds is 3. The quantitative estimate of drug-likeness (QED) is 0.539. The van der Waals surface area contributed by atoms with Crippen LogP contribution in [0.5, 0.6) is 0 Å². The number of hydrogen-bond acceptors (Lipinski definition) is 3. The normalized spacial score (nSPS) is 15.9. The summed E-state index contributed by atoms with van der Waals surface area (Å²) >= 11 is 12.6. The van der Waals surface area contributed by atoms with Crippen LogP contribution >= 0.6 is 23.2 Å². The molecular weight excluding hydrogens is 395 g/mol. The lowest BCUT2D eigenvalue weighted by Crippen LogP contribution is -2.25. The third-order valence-corrected chi connectivity index (χ3v) is 5.11. The van der Waals surface area contributed by atoms with Crippen molar-refractivity contribution in [3.8, 4) is 11.1 Å². The van der Waals surface area contributed by atoms with Crippen molar-refractivity contribution in [2.24, 2.45) is 5.10 Å². The van der Waals surface area contributed by atoms with Crippen molar-refractivity contribution in [2.45, 2.75) is 13.2 Å². The van der Waals surface area contributed by atoms with Gasteiger partial charge in [0, 0.05) is 12.5 Å². The predicted molar refractivity (Wildman–Crippen MR) is 111 cm³/mol. The van der Waals surface area contributed by atoms with Crippen LogP contribution in [0.1, 0.15) is 24.3 Å². The molecule has 1 unspecified atom stereocenters. The Labute approximate surface area is 173 Å². The lowest BCUT2D eigenvalue weighted by Gasteiger charge is -2.21. The van der Waals surface area contributed by atoms with Gasteiger partial charge in [0.2, 0.25) is 18.0 Å². The van der Waals surface area contributed by atoms with Crippen LogP contribution in [0, 0.1) is 0 Å². The first-order valence-electron chi connectivity index (χ1n) is 8.69. The minimum atomic E-state index is -0.803. The molecule has 0 aliphatic carbocycles. The van der Waals surface area contributed by atoms with Gasteiger partial charge >= 0.3 is 0 Å². The molecular formula is C22H16Cl2N2O2. The highest BCUT2D eigenvalue weighted by molar-refractivity contribution is 6.36. The second-order valence-electron chi connectivity index (χ2n) is 6.32. The van der Waals surface area contributed by atoms with Gasteiger partial charge in [0.05, 0.1) is 15.6 Å². The highest BCUT2D eigenvalue weighted by Gasteiger charge is 2.35. The van der Waals surface area contributed by atoms with Gasteiger partial charge in [-0.2, -0.15) is 5.01 Å². The summed E-state index contributed by atoms with van der Waals surface area (Å²) in [6, 6.07) is 23.0. The fraction of sp³-hybridized carbons (Fsp3) is 0.0909. The summed E-state index contributed by atoms with van der Waals surface area (Å²) < 4.78 is 6.00. The number of benzene rings is 3. The molecule has 0 fully saturated rings. The van der Waals surface area contributed by atoms with Crippen LogP contribution in [-0.2, 0) is 9.53 Å². The Morgan fingerprint density at radius 1 is 0.857 bits per heavy atom. The van der Waals surface area contributed by atoms with Gasteiger partial charge in [-0.15, -0.1) is 5.10 Å². The maximum atomic E-state index is 12.1. The molecule has 6 heteroatoms. The molecule has 0 saturated heterocycles. The molecule has 0 saturated carbocycles. The average molecular weight is 411 g/mol. The van der Waals surface area contributed by atoms with E-state index < -0.39 is 6.23 Å². The first-order chi connectivity index (χ1) is 13.5. The van der Waals surface area contributed by atoms with Gasteiger partial charge in [0.15, 0.2) is 0 Å². The van der Waals surface area contributed by atoms with E-state index in [9.17, 15) is 4.79 Å². The minimum Gasteiger partial charge on any atom is -0.446 e. The van der Waals surface area contributed by atoms with Crippen LogP contribution in [0.2, 0.25) is 10.0 Å². The zero-order valence-corrected chi connectivity index (χ0v) is 16.5. The third kappa shape index (κ3) is 3.49. The summed E-state index contributed by atoms with van der Waals surface area (Å²) in [7, 11) is 0. The average Bonchev–Trinajstić information content (AvgIpc) is 3.14. The van der Waals surface area contributed by atoms with Crippen LogP contribution < -0.4 is 0 Å². The molecule has 140 valence electrons. The zero-order chi connectivity index (χ0) is 19.7. The Hall–Kier alpha value is -2.82. The molecule has 1 atom stereocenters. The highest BCUT2D eigenvalue weighted by Crippen LogP contribution is 2.38. The van der Waals surface area contributed by atoms with E-state index in [-0.39, 0.29) is 5.91 Å². The molecule has 0 N–H and O–H groups in total. The smallest absolute Gasteiger partial charge is 0.243 e. The van der Waals surface area contributed by atoms with Crippen LogP contribution in [-0.4, -0.2) is 16.8 Å². The Bertz CT molecular complexity index is 1030. The van der Waals surface area contributed by atoms with Crippen molar-refractivity contribution in [3.05, 3.63) is 94.0 Å². The van der Waals surface area contributed by atoms with E-state index in [1.807, 2.05) is 54.6 Å². The van der Waals surface area contributed by atoms with Gasteiger partial charge in [0.1, 0.15) is 0 Å². The van der Waals surface area contributed by atoms with Gasteiger partial charge in [-0.25, -0.2) is 0 Å². The fourth-order valence-corrected chi connectivity index (χ4v) is 3.64. The van der Waals surface area contributed by atoms with E-state index in [4.69, 9.17) is 27.9 Å². The zero-order valence-electron chi connectivity index (χ0n) is 15.0. The molecule has 0 aromatic heterocycles. The Morgan fingerprint density at radius 3 is 2.04 bits per heavy atom. The van der Waals surface area contributed by atoms with Crippen molar-refractivity contribution < 1.29 is 9.53 Å². The molecule has 0 bridgehead atoms. The second kappa shape index (κ2) is 7.66. The SMILES string of the molecule is CC(=O)N1N=C(c2ccc(-c3ccccc3)cc2)OC1c1c(Cl)cccc1Cl. The molecule has 3 aromatic rings. The molecule has 1 heterocycles. The molecule has 1 amide bonds. The molecule has 4 rings (SSSR count). The Kier molecular flexibility index (Phi) is 5.07. The van der Waals surface area contributed by atoms with Crippen molar-refractivity contribution in [1.82, 2.24) is 5.01 Å². The number of nitrogens with zero attached hydrogens (tertiary/aromatic N) is 2. The van der Waals surface area contributed by atoms with Crippen LogP contribution in [0.25, 0.3) is 11.1 Å². The largest absolute Gasteiger partial charge is 0.446 e. The predicted octanol–water partition coefficient (Wildman–Crippen LogP) is 5.90. The number of hydrogen-bond donors (Lipinski definition) is 0. The summed E-state index contributed by atoms with van der Waals surface area (Å²) in [5.74, 6) is 0.0766. The molecule has 28 heavy (non-hydrogen) atoms. The topological polar surface area (TPSA) is 41.9 Å². The molecule has 4 nitrogen and oxygen atoms in total. The molecule has 0 radical (unpaired) electrons. The summed E-state index contributed by atoms with van der Waals surface area (Å²) in [6.45, 7) is 1.42. The molecule has 0 spiro atoms. The summed E-state index contributed by atoms with van der Waals surface area (Å²) in [4.78, 5) is 12.1. The monoisotopic (exact) mass is 410 g/mol. The van der Waals surface area contributed by atoms with E-state index in [2.05, 4.69) is 5.10 Å². The van der Waals surface area contributed by atoms with E-state index in [0.29, 0.717) is 21.5 Å². The van der Waals surface area contributed by atoms with Crippen molar-refractivity contribution in [2.75, 3.05) is 0 Å². The van der Waals surface area contributed by atoms with Gasteiger partial charge < -0.3 is 4.74 Å². The first-order valence-corrected chi connectivity index (χ1v) is 9.45. The van der Waals surface area contributed by atoms with E-state index in [1.54, 1.807) is 18.2 Å². The maximum Gasteiger partial charge on any atom is 0.243 e. The van der Waals surface area contributed by atoms with Gasteiger partial charge in [-0.05, 0) is 35.4 Å². The van der Waals surface area contributed by atoms with Gasteiger partial charge in [-0.1, -0.05) is 71.7 Å². The molecule has 1 aliphatic heterocycles. The number of carbonyl (C=O) groups excluding carboxylic acids is 1. The summed E-state index contributed by atoms with van der Waals surface area (Å²) in [5.41, 5.74) is 3.48. The van der Waals surface area contributed by atoms with Crippen molar-refractivity contribution in [1.29, 1.82) is 0 Å². The highest BCUT2D eigenvalue weighted by atomic mass is 35.5. The van der Waals surface area contributed by atoms with Gasteiger partial charge in [-0.3, -0.25) is 4.79 Å². The number of amides is 1. The molecule has 3 aromatic carbocycles. The Balaban J connectivity index is 1.66. The van der Waals surface area contributed by atoms with E-state index in [1.165, 1.54) is 11.9 Å². The lowest BCUT2D eigenvalue weighted by atomic mass is 10.0. The van der Waals surface area contributed by atoms with Crippen LogP contribution in [0.3, 0.4) is 0 Å². The second-order valence-corrected chi connectivity index (χ2v) is 7.13. The minimum absolute atomic E-state index is 0.267. The van der Waals surface area contributed by atoms with E-state index in [0.717, 1.165) is 16.7 Å². The number of ether oxygens (including phenoxy) is 1. The number of carbonyl (C=O) groups is 1. The van der Waals surface area contributed by atoms with E-state index >= 15 is 0 Å². The number of halogens is 2. The standard InChI is InChI=1S/C22H16Cl2N2O2/c1-14(27)26-22(20-18(23)8-5-9-19(20)24)28-21(25-26)17-12-10-16(11-13-17)15-6-3-2-4-7-15/h2-13,22H,1H3. The lowest BCUT2D eigenvalue weighted by molar-refractivity contribution is -0.135. The third-order valence-electron chi connectivity index (χ3n) is 4.45. The van der Waals surface area contributed by atoms with Crippen molar-refractivity contribution >= 4 is 35.0 Å². The number of hydrazone groups is 1. The summed E-state index contributed by atoms with van der Waals surface area (Å²) in [5, 5.41) is 6.45. The maximum absolute atomic E-state index is 12.1. The van der Waals surface area contributed by atoms with Crippen LogP contribution in [0.4, 0.5) is 0 Å².